The van der Waals surface area contributed by atoms with Gasteiger partial charge in [-0.15, -0.1) is 0 Å². The van der Waals surface area contributed by atoms with Gasteiger partial charge in [-0.05, 0) is 83.5 Å². The maximum Gasteiger partial charge on any atom is 0.306 e. The second-order valence-corrected chi connectivity index (χ2v) is 17.6. The minimum absolute atomic E-state index is 0.0598. The summed E-state index contributed by atoms with van der Waals surface area (Å²) in [6, 6.07) is -0.710. The van der Waals surface area contributed by atoms with Crippen LogP contribution in [-0.2, 0) is 14.3 Å². The minimum atomic E-state index is -0.794. The molecule has 3 N–H and O–H groups in total. The number of hydrogen-bond acceptors (Lipinski definition) is 5. The van der Waals surface area contributed by atoms with Gasteiger partial charge in [-0.25, -0.2) is 0 Å². The molecule has 6 heteroatoms. The third-order valence-corrected chi connectivity index (χ3v) is 11.6. The molecule has 0 saturated heterocycles. The number of amides is 1. The molecule has 0 aromatic heterocycles. The van der Waals surface area contributed by atoms with E-state index in [0.29, 0.717) is 19.3 Å². The number of nitrogens with one attached hydrogen (secondary N) is 1. The van der Waals surface area contributed by atoms with Gasteiger partial charge in [-0.2, -0.15) is 0 Å². The lowest BCUT2D eigenvalue weighted by Gasteiger charge is -2.24. The van der Waals surface area contributed by atoms with Crippen molar-refractivity contribution in [3.63, 3.8) is 0 Å². The zero-order valence-electron chi connectivity index (χ0n) is 39.8. The summed E-state index contributed by atoms with van der Waals surface area (Å²) in [4.78, 5) is 26.1. The van der Waals surface area contributed by atoms with Gasteiger partial charge in [-0.1, -0.05) is 211 Å². The fourth-order valence-electron chi connectivity index (χ4n) is 7.67. The Hall–Kier alpha value is -2.18. The molecule has 0 aliphatic rings. The normalized spacial score (nSPS) is 13.6. The van der Waals surface area contributed by atoms with E-state index in [-0.39, 0.29) is 24.9 Å². The summed E-state index contributed by atoms with van der Waals surface area (Å²) in [5.74, 6) is -0.504. The third-order valence-electron chi connectivity index (χ3n) is 11.6. The average Bonchev–Trinajstić information content (AvgIpc) is 3.24. The summed E-state index contributed by atoms with van der Waals surface area (Å²) in [6.45, 7) is 6.39. The van der Waals surface area contributed by atoms with Gasteiger partial charge in [0.25, 0.3) is 0 Å². The third kappa shape index (κ3) is 42.5. The maximum atomic E-state index is 13.2. The van der Waals surface area contributed by atoms with Gasteiger partial charge in [0.2, 0.25) is 5.91 Å². The van der Waals surface area contributed by atoms with Crippen molar-refractivity contribution in [2.45, 2.75) is 277 Å². The van der Waals surface area contributed by atoms with Crippen LogP contribution in [0.2, 0.25) is 0 Å². The Morgan fingerprint density at radius 1 is 0.483 bits per heavy atom. The first-order valence-electron chi connectivity index (χ1n) is 25.9. The second-order valence-electron chi connectivity index (χ2n) is 17.6. The molecule has 0 aliphatic heterocycles. The molecule has 0 aliphatic carbocycles. The number of carbonyl (C=O) groups excluding carboxylic acids is 2. The van der Waals surface area contributed by atoms with Crippen LogP contribution >= 0.6 is 0 Å². The summed E-state index contributed by atoms with van der Waals surface area (Å²) in [6.07, 6.45) is 57.4. The highest BCUT2D eigenvalue weighted by Gasteiger charge is 2.24. The molecule has 0 radical (unpaired) electrons. The number of hydrogen-bond donors (Lipinski definition) is 3. The summed E-state index contributed by atoms with van der Waals surface area (Å²) < 4.78 is 5.91. The number of rotatable bonds is 46. The van der Waals surface area contributed by atoms with E-state index in [0.717, 1.165) is 96.3 Å². The Balaban J connectivity index is 4.60. The van der Waals surface area contributed by atoms with E-state index < -0.39 is 18.2 Å². The van der Waals surface area contributed by atoms with E-state index in [9.17, 15) is 19.8 Å². The molecule has 6 nitrogen and oxygen atoms in total. The molecule has 0 aromatic carbocycles. The van der Waals surface area contributed by atoms with Gasteiger partial charge in [0.05, 0.1) is 25.2 Å². The van der Waals surface area contributed by atoms with Crippen LogP contribution in [-0.4, -0.2) is 46.9 Å². The molecular formula is C54H99NO5. The summed E-state index contributed by atoms with van der Waals surface area (Å²) in [5.41, 5.74) is 0. The molecule has 3 atom stereocenters. The van der Waals surface area contributed by atoms with Crippen LogP contribution in [0.5, 0.6) is 0 Å². The largest absolute Gasteiger partial charge is 0.462 e. The lowest BCUT2D eigenvalue weighted by molar-refractivity contribution is -0.151. The van der Waals surface area contributed by atoms with Crippen LogP contribution in [0, 0.1) is 0 Å². The number of aliphatic hydroxyl groups excluding tert-OH is 2. The highest BCUT2D eigenvalue weighted by molar-refractivity contribution is 5.77. The van der Waals surface area contributed by atoms with E-state index in [4.69, 9.17) is 4.74 Å². The number of esters is 1. The van der Waals surface area contributed by atoms with Gasteiger partial charge in [-0.3, -0.25) is 9.59 Å². The van der Waals surface area contributed by atoms with Crippen LogP contribution in [0.15, 0.2) is 48.6 Å². The van der Waals surface area contributed by atoms with Gasteiger partial charge in [0.1, 0.15) is 6.10 Å². The Kier molecular flexibility index (Phi) is 46.1. The monoisotopic (exact) mass is 842 g/mol. The van der Waals surface area contributed by atoms with E-state index in [1.54, 1.807) is 0 Å². The quantitative estimate of drug-likeness (QED) is 0.0322. The van der Waals surface area contributed by atoms with Crippen LogP contribution in [0.25, 0.3) is 0 Å². The SMILES string of the molecule is CCC/C=C\CCCCCCCC(=O)OC(CCCCCC/C=C\C/C=C\C/C=C\CCCCC)CC(=O)NC(CO)C(O)CCCCCCCCCCCCCCCC. The Morgan fingerprint density at radius 2 is 0.883 bits per heavy atom. The molecule has 0 heterocycles. The molecule has 0 bridgehead atoms. The standard InChI is InChI=1S/C54H99NO5/c1-4-7-10-13-16-19-22-24-26-27-28-29-31-33-36-39-42-45-50(60-54(59)47-44-41-38-35-21-18-15-12-9-6-3)48-53(58)55-51(49-56)52(57)46-43-40-37-34-32-30-25-23-20-17-14-11-8-5-2/h12,15-16,19,24,26,28-29,50-52,56-57H,4-11,13-14,17-18,20-23,25,27,30-49H2,1-3H3,(H,55,58)/b15-12-,19-16-,26-24-,29-28-. The molecule has 0 rings (SSSR count). The van der Waals surface area contributed by atoms with Crippen molar-refractivity contribution >= 4 is 11.9 Å². The molecule has 0 aromatic rings. The molecule has 1 amide bonds. The Bertz CT molecular complexity index is 1040. The van der Waals surface area contributed by atoms with E-state index >= 15 is 0 Å². The van der Waals surface area contributed by atoms with Gasteiger partial charge in [0, 0.05) is 6.42 Å². The topological polar surface area (TPSA) is 95.9 Å². The first kappa shape index (κ1) is 57.8. The number of unbranched alkanes of at least 4 members (excludes halogenated alkanes) is 26. The van der Waals surface area contributed by atoms with Crippen LogP contribution in [0.3, 0.4) is 0 Å². The number of carbonyl (C=O) groups is 2. The van der Waals surface area contributed by atoms with Crippen molar-refractivity contribution in [2.24, 2.45) is 0 Å². The van der Waals surface area contributed by atoms with Crippen LogP contribution in [0.4, 0.5) is 0 Å². The Labute approximate surface area is 372 Å². The van der Waals surface area contributed by atoms with Crippen molar-refractivity contribution in [2.75, 3.05) is 6.61 Å². The van der Waals surface area contributed by atoms with Crippen molar-refractivity contribution < 1.29 is 24.5 Å². The van der Waals surface area contributed by atoms with Crippen LogP contribution < -0.4 is 5.32 Å². The molecule has 350 valence electrons. The van der Waals surface area contributed by atoms with Crippen molar-refractivity contribution in [1.82, 2.24) is 5.32 Å². The first-order chi connectivity index (χ1) is 29.5. The van der Waals surface area contributed by atoms with E-state index in [1.807, 2.05) is 0 Å². The van der Waals surface area contributed by atoms with Crippen molar-refractivity contribution in [3.8, 4) is 0 Å². The zero-order valence-corrected chi connectivity index (χ0v) is 39.8. The lowest BCUT2D eigenvalue weighted by Crippen LogP contribution is -2.46. The maximum absolute atomic E-state index is 13.2. The second kappa shape index (κ2) is 47.9. The zero-order chi connectivity index (χ0) is 43.8. The average molecular weight is 842 g/mol. The fraction of sp³-hybridized carbons (Fsp3) is 0.815. The van der Waals surface area contributed by atoms with Gasteiger partial charge in [0.15, 0.2) is 0 Å². The summed E-state index contributed by atoms with van der Waals surface area (Å²) in [7, 11) is 0. The summed E-state index contributed by atoms with van der Waals surface area (Å²) >= 11 is 0. The molecular weight excluding hydrogens is 743 g/mol. The van der Waals surface area contributed by atoms with Crippen LogP contribution in [0.1, 0.15) is 258 Å². The molecule has 0 fully saturated rings. The van der Waals surface area contributed by atoms with E-state index in [1.165, 1.54) is 116 Å². The van der Waals surface area contributed by atoms with Crippen molar-refractivity contribution in [3.05, 3.63) is 48.6 Å². The molecule has 0 saturated carbocycles. The highest BCUT2D eigenvalue weighted by atomic mass is 16.5. The summed E-state index contributed by atoms with van der Waals surface area (Å²) in [5, 5.41) is 23.8. The lowest BCUT2D eigenvalue weighted by atomic mass is 10.0. The molecule has 0 spiro atoms. The van der Waals surface area contributed by atoms with Gasteiger partial charge >= 0.3 is 5.97 Å². The number of ether oxygens (including phenoxy) is 1. The number of allylic oxidation sites excluding steroid dienone is 8. The molecule has 60 heavy (non-hydrogen) atoms. The minimum Gasteiger partial charge on any atom is -0.462 e. The number of aliphatic hydroxyl groups is 2. The van der Waals surface area contributed by atoms with Gasteiger partial charge < -0.3 is 20.3 Å². The first-order valence-corrected chi connectivity index (χ1v) is 25.9. The Morgan fingerprint density at radius 3 is 1.40 bits per heavy atom. The predicted octanol–water partition coefficient (Wildman–Crippen LogP) is 15.5. The predicted molar refractivity (Wildman–Crippen MR) is 259 cm³/mol. The fourth-order valence-corrected chi connectivity index (χ4v) is 7.67. The van der Waals surface area contributed by atoms with E-state index in [2.05, 4.69) is 74.7 Å². The van der Waals surface area contributed by atoms with Crippen molar-refractivity contribution in [1.29, 1.82) is 0 Å². The molecule has 3 unspecified atom stereocenters. The smallest absolute Gasteiger partial charge is 0.306 e. The highest BCUT2D eigenvalue weighted by Crippen LogP contribution is 2.17.